The van der Waals surface area contributed by atoms with E-state index in [2.05, 4.69) is 10.0 Å². The van der Waals surface area contributed by atoms with Crippen molar-refractivity contribution in [3.05, 3.63) is 59.7 Å². The topological polar surface area (TPSA) is 113 Å². The van der Waals surface area contributed by atoms with Gasteiger partial charge in [-0.25, -0.2) is 13.1 Å². The molecule has 0 unspecified atom stereocenters. The lowest BCUT2D eigenvalue weighted by molar-refractivity contribution is -0.133. The molecule has 0 atom stereocenters. The average molecular weight is 458 g/mol. The number of Topliss-reactive ketones (excluding diaryl/α,β-unsaturated/α-hetero) is 1. The summed E-state index contributed by atoms with van der Waals surface area (Å²) in [6.07, 6.45) is 2.44. The smallest absolute Gasteiger partial charge is 0.240 e. The van der Waals surface area contributed by atoms with Crippen LogP contribution in [0.2, 0.25) is 0 Å². The van der Waals surface area contributed by atoms with E-state index in [0.29, 0.717) is 24.2 Å². The highest BCUT2D eigenvalue weighted by Crippen LogP contribution is 2.17. The number of likely N-dealkylation sites (tertiary alicyclic amines) is 1. The van der Waals surface area contributed by atoms with Gasteiger partial charge in [-0.05, 0) is 49.6 Å². The molecule has 0 spiro atoms. The summed E-state index contributed by atoms with van der Waals surface area (Å²) < 4.78 is 27.2. The highest BCUT2D eigenvalue weighted by atomic mass is 32.2. The van der Waals surface area contributed by atoms with E-state index in [9.17, 15) is 22.8 Å². The maximum absolute atomic E-state index is 12.4. The van der Waals surface area contributed by atoms with Gasteiger partial charge in [0.2, 0.25) is 21.8 Å². The third-order valence-electron chi connectivity index (χ3n) is 5.20. The van der Waals surface area contributed by atoms with Gasteiger partial charge < -0.3 is 10.2 Å². The van der Waals surface area contributed by atoms with Crippen molar-refractivity contribution in [1.82, 2.24) is 9.62 Å². The molecule has 1 aliphatic rings. The Morgan fingerprint density at radius 3 is 2.59 bits per heavy atom. The molecule has 2 amide bonds. The molecule has 0 aliphatic carbocycles. The van der Waals surface area contributed by atoms with Gasteiger partial charge in [-0.15, -0.1) is 0 Å². The lowest BCUT2D eigenvalue weighted by Gasteiger charge is -2.26. The number of anilines is 1. The van der Waals surface area contributed by atoms with Crippen LogP contribution in [0.1, 0.15) is 48.5 Å². The molecule has 2 aromatic rings. The summed E-state index contributed by atoms with van der Waals surface area (Å²) in [5.74, 6) is -0.420. The molecule has 2 N–H and O–H groups in total. The Morgan fingerprint density at radius 2 is 1.84 bits per heavy atom. The highest BCUT2D eigenvalue weighted by Gasteiger charge is 2.18. The van der Waals surface area contributed by atoms with Crippen LogP contribution in [-0.4, -0.2) is 44.0 Å². The van der Waals surface area contributed by atoms with E-state index in [1.807, 2.05) is 23.1 Å². The average Bonchev–Trinajstić information content (AvgIpc) is 2.75. The van der Waals surface area contributed by atoms with Crippen molar-refractivity contribution in [3.63, 3.8) is 0 Å². The molecule has 1 heterocycles. The third kappa shape index (κ3) is 6.48. The fourth-order valence-electron chi connectivity index (χ4n) is 3.48. The standard InChI is InChI=1S/C23H27N3O5S/c1-17(27)19-7-5-9-21(15-19)32(30,31)24-12-11-22(28)25-20-8-4-6-18(14-20)16-26-13-3-2-10-23(26)29/h4-9,14-15,24H,2-3,10-13,16H2,1H3,(H,25,28). The van der Waals surface area contributed by atoms with Gasteiger partial charge in [0.1, 0.15) is 0 Å². The number of nitrogens with zero attached hydrogens (tertiary/aromatic N) is 1. The van der Waals surface area contributed by atoms with Crippen molar-refractivity contribution in [2.45, 2.75) is 44.0 Å². The first kappa shape index (κ1) is 23.6. The van der Waals surface area contributed by atoms with E-state index >= 15 is 0 Å². The van der Waals surface area contributed by atoms with E-state index in [4.69, 9.17) is 0 Å². The van der Waals surface area contributed by atoms with Crippen molar-refractivity contribution >= 4 is 33.3 Å². The van der Waals surface area contributed by atoms with Gasteiger partial charge in [0.05, 0.1) is 4.90 Å². The molecule has 0 radical (unpaired) electrons. The predicted octanol–water partition coefficient (Wildman–Crippen LogP) is 2.71. The number of rotatable bonds is 9. The first-order chi connectivity index (χ1) is 15.2. The normalized spacial score (nSPS) is 14.3. The van der Waals surface area contributed by atoms with Crippen LogP contribution in [0.3, 0.4) is 0 Å². The zero-order valence-corrected chi connectivity index (χ0v) is 18.8. The molecule has 170 valence electrons. The van der Waals surface area contributed by atoms with Crippen molar-refractivity contribution in [2.75, 3.05) is 18.4 Å². The summed E-state index contributed by atoms with van der Waals surface area (Å²) in [4.78, 5) is 37.5. The summed E-state index contributed by atoms with van der Waals surface area (Å²) >= 11 is 0. The fraction of sp³-hybridized carbons (Fsp3) is 0.348. The fourth-order valence-corrected chi connectivity index (χ4v) is 4.56. The Bertz CT molecular complexity index is 1110. The second-order valence-corrected chi connectivity index (χ2v) is 9.52. The summed E-state index contributed by atoms with van der Waals surface area (Å²) in [6.45, 7) is 2.52. The molecule has 0 saturated carbocycles. The zero-order valence-electron chi connectivity index (χ0n) is 18.0. The molecule has 1 fully saturated rings. The molecule has 9 heteroatoms. The maximum Gasteiger partial charge on any atom is 0.240 e. The number of nitrogens with one attached hydrogen (secondary N) is 2. The van der Waals surface area contributed by atoms with Crippen LogP contribution in [0.25, 0.3) is 0 Å². The minimum atomic E-state index is -3.83. The maximum atomic E-state index is 12.4. The van der Waals surface area contributed by atoms with Crippen LogP contribution in [-0.2, 0) is 26.2 Å². The number of amides is 2. The second kappa shape index (κ2) is 10.5. The van der Waals surface area contributed by atoms with E-state index in [1.54, 1.807) is 12.1 Å². The van der Waals surface area contributed by atoms with Crippen molar-refractivity contribution < 1.29 is 22.8 Å². The monoisotopic (exact) mass is 457 g/mol. The summed E-state index contributed by atoms with van der Waals surface area (Å²) in [7, 11) is -3.83. The van der Waals surface area contributed by atoms with Crippen molar-refractivity contribution in [2.24, 2.45) is 0 Å². The molecule has 1 aliphatic heterocycles. The number of sulfonamides is 1. The Morgan fingerprint density at radius 1 is 1.06 bits per heavy atom. The number of hydrogen-bond donors (Lipinski definition) is 2. The Hall–Kier alpha value is -3.04. The minimum Gasteiger partial charge on any atom is -0.338 e. The summed E-state index contributed by atoms with van der Waals surface area (Å²) in [5, 5.41) is 2.76. The zero-order chi connectivity index (χ0) is 23.1. The highest BCUT2D eigenvalue weighted by molar-refractivity contribution is 7.89. The van der Waals surface area contributed by atoms with Crippen LogP contribution in [0, 0.1) is 0 Å². The van der Waals surface area contributed by atoms with Crippen LogP contribution in [0.4, 0.5) is 5.69 Å². The number of piperidine rings is 1. The van der Waals surface area contributed by atoms with Gasteiger partial charge in [-0.1, -0.05) is 24.3 Å². The van der Waals surface area contributed by atoms with Crippen LogP contribution >= 0.6 is 0 Å². The SMILES string of the molecule is CC(=O)c1cccc(S(=O)(=O)NCCC(=O)Nc2cccc(CN3CCCCC3=O)c2)c1. The lowest BCUT2D eigenvalue weighted by Crippen LogP contribution is -2.34. The Balaban J connectivity index is 1.52. The lowest BCUT2D eigenvalue weighted by atomic mass is 10.1. The quantitative estimate of drug-likeness (QED) is 0.562. The first-order valence-corrected chi connectivity index (χ1v) is 12.0. The number of carbonyl (C=O) groups is 3. The number of benzene rings is 2. The molecule has 2 aromatic carbocycles. The molecule has 3 rings (SSSR count). The number of hydrogen-bond acceptors (Lipinski definition) is 5. The number of carbonyl (C=O) groups excluding carboxylic acids is 3. The summed E-state index contributed by atoms with van der Waals surface area (Å²) in [5.41, 5.74) is 1.81. The molecule has 32 heavy (non-hydrogen) atoms. The van der Waals surface area contributed by atoms with Crippen LogP contribution in [0.5, 0.6) is 0 Å². The van der Waals surface area contributed by atoms with Gasteiger partial charge in [0.15, 0.2) is 5.78 Å². The summed E-state index contributed by atoms with van der Waals surface area (Å²) in [6, 6.07) is 13.0. The molecule has 0 aromatic heterocycles. The van der Waals surface area contributed by atoms with Crippen molar-refractivity contribution in [1.29, 1.82) is 0 Å². The minimum absolute atomic E-state index is 0.0226. The van der Waals surface area contributed by atoms with E-state index in [1.165, 1.54) is 25.1 Å². The third-order valence-corrected chi connectivity index (χ3v) is 6.66. The van der Waals surface area contributed by atoms with E-state index in [-0.39, 0.29) is 35.5 Å². The van der Waals surface area contributed by atoms with Gasteiger partial charge in [0.25, 0.3) is 0 Å². The van der Waals surface area contributed by atoms with E-state index < -0.39 is 10.0 Å². The second-order valence-electron chi connectivity index (χ2n) is 7.75. The van der Waals surface area contributed by atoms with E-state index in [0.717, 1.165) is 24.9 Å². The van der Waals surface area contributed by atoms with Gasteiger partial charge in [-0.3, -0.25) is 14.4 Å². The predicted molar refractivity (Wildman–Crippen MR) is 121 cm³/mol. The molecular formula is C23H27N3O5S. The molecular weight excluding hydrogens is 430 g/mol. The molecule has 1 saturated heterocycles. The Labute approximate surface area is 188 Å². The van der Waals surface area contributed by atoms with Gasteiger partial charge in [0, 0.05) is 43.7 Å². The first-order valence-electron chi connectivity index (χ1n) is 10.5. The van der Waals surface area contributed by atoms with Gasteiger partial charge in [-0.2, -0.15) is 0 Å². The Kier molecular flexibility index (Phi) is 7.76. The van der Waals surface area contributed by atoms with Crippen molar-refractivity contribution in [3.8, 4) is 0 Å². The molecule has 0 bridgehead atoms. The van der Waals surface area contributed by atoms with Crippen LogP contribution in [0.15, 0.2) is 53.4 Å². The number of ketones is 1. The molecule has 8 nitrogen and oxygen atoms in total. The largest absolute Gasteiger partial charge is 0.338 e. The van der Waals surface area contributed by atoms with Crippen LogP contribution < -0.4 is 10.0 Å². The van der Waals surface area contributed by atoms with Gasteiger partial charge >= 0.3 is 0 Å².